The van der Waals surface area contributed by atoms with Crippen molar-refractivity contribution < 1.29 is 24.2 Å². The van der Waals surface area contributed by atoms with Gasteiger partial charge in [0.25, 0.3) is 0 Å². The third-order valence-electron chi connectivity index (χ3n) is 5.22. The maximum atomic E-state index is 12.8. The van der Waals surface area contributed by atoms with Gasteiger partial charge >= 0.3 is 5.97 Å². The predicted molar refractivity (Wildman–Crippen MR) is 119 cm³/mol. The van der Waals surface area contributed by atoms with Gasteiger partial charge in [-0.2, -0.15) is 0 Å². The second-order valence-electron chi connectivity index (χ2n) is 7.56. The number of nitrogens with two attached hydrogens (primary N) is 1. The molecule has 8 nitrogen and oxygen atoms in total. The summed E-state index contributed by atoms with van der Waals surface area (Å²) < 4.78 is 10.7. The van der Waals surface area contributed by atoms with E-state index < -0.39 is 30.0 Å². The van der Waals surface area contributed by atoms with Gasteiger partial charge in [0.1, 0.15) is 6.10 Å². The highest BCUT2D eigenvalue weighted by Crippen LogP contribution is 2.20. The number of aliphatic hydroxyl groups excluding tert-OH is 1. The van der Waals surface area contributed by atoms with E-state index in [1.807, 2.05) is 36.4 Å². The predicted octanol–water partition coefficient (Wildman–Crippen LogP) is 2.29. The molecule has 0 aliphatic rings. The number of para-hydroxylation sites is 2. The van der Waals surface area contributed by atoms with Crippen molar-refractivity contribution in [3.8, 4) is 0 Å². The van der Waals surface area contributed by atoms with Crippen molar-refractivity contribution in [2.45, 2.75) is 31.5 Å². The summed E-state index contributed by atoms with van der Waals surface area (Å²) >= 11 is 0. The summed E-state index contributed by atoms with van der Waals surface area (Å²) in [6.07, 6.45) is 0.0219. The summed E-state index contributed by atoms with van der Waals surface area (Å²) in [5.74, 6) is -1.84. The topological polar surface area (TPSA) is 125 Å². The molecule has 3 atom stereocenters. The van der Waals surface area contributed by atoms with Crippen LogP contribution in [-0.2, 0) is 20.7 Å². The number of carbonyl (C=O) groups excluding carboxylic acids is 2. The third-order valence-corrected chi connectivity index (χ3v) is 5.22. The van der Waals surface area contributed by atoms with Crippen molar-refractivity contribution in [1.29, 1.82) is 0 Å². The van der Waals surface area contributed by atoms with Gasteiger partial charge in [0.15, 0.2) is 5.69 Å². The Morgan fingerprint density at radius 3 is 2.44 bits per heavy atom. The van der Waals surface area contributed by atoms with Crippen LogP contribution >= 0.6 is 0 Å². The molecule has 0 saturated carbocycles. The molecule has 32 heavy (non-hydrogen) atoms. The number of aliphatic hydroxyl groups is 1. The Bertz CT molecular complexity index is 1040. The van der Waals surface area contributed by atoms with Crippen molar-refractivity contribution in [3.05, 3.63) is 72.1 Å². The number of rotatable bonds is 11. The van der Waals surface area contributed by atoms with Crippen LogP contribution in [0, 0.1) is 5.92 Å². The van der Waals surface area contributed by atoms with Gasteiger partial charge in [0.2, 0.25) is 5.91 Å². The highest BCUT2D eigenvalue weighted by molar-refractivity contribution is 5.89. The van der Waals surface area contributed by atoms with E-state index in [0.29, 0.717) is 24.1 Å². The Labute approximate surface area is 186 Å². The molecule has 1 aromatic heterocycles. The van der Waals surface area contributed by atoms with Crippen LogP contribution in [0.1, 0.15) is 28.9 Å². The molecule has 3 rings (SSSR count). The minimum absolute atomic E-state index is 0.0415. The molecule has 1 heterocycles. The minimum Gasteiger partial charge on any atom is -0.454 e. The SMILES string of the molecule is COCC[C@H](C[C@H](O)[C@H](Cc1ccccc1)OC(=O)c1cnc2ccccc2n1)C(N)=O. The van der Waals surface area contributed by atoms with Crippen LogP contribution in [0.3, 0.4) is 0 Å². The molecule has 0 radical (unpaired) electrons. The van der Waals surface area contributed by atoms with Crippen molar-refractivity contribution in [2.75, 3.05) is 13.7 Å². The van der Waals surface area contributed by atoms with Gasteiger partial charge in [-0.3, -0.25) is 9.78 Å². The standard InChI is InChI=1S/C24H27N3O5/c1-31-12-11-17(23(25)29)14-21(28)22(13-16-7-3-2-4-8-16)32-24(30)20-15-26-18-9-5-6-10-19(18)27-20/h2-10,15,17,21-22,28H,11-14H2,1H3,(H2,25,29)/t17-,21+,22+/m1/s1. The summed E-state index contributed by atoms with van der Waals surface area (Å²) in [6.45, 7) is 0.330. The fourth-order valence-corrected chi connectivity index (χ4v) is 3.44. The molecule has 3 N–H and O–H groups in total. The van der Waals surface area contributed by atoms with Crippen LogP contribution in [0.2, 0.25) is 0 Å². The molecule has 168 valence electrons. The maximum absolute atomic E-state index is 12.8. The normalized spacial score (nSPS) is 13.9. The number of amides is 1. The van der Waals surface area contributed by atoms with Gasteiger partial charge in [0.05, 0.1) is 23.3 Å². The number of carbonyl (C=O) groups is 2. The molecule has 0 spiro atoms. The zero-order chi connectivity index (χ0) is 22.9. The first kappa shape index (κ1) is 23.3. The van der Waals surface area contributed by atoms with Crippen molar-refractivity contribution >= 4 is 22.9 Å². The molecular weight excluding hydrogens is 410 g/mol. The van der Waals surface area contributed by atoms with Crippen LogP contribution in [0.15, 0.2) is 60.8 Å². The first-order valence-electron chi connectivity index (χ1n) is 10.4. The Balaban J connectivity index is 1.79. The van der Waals surface area contributed by atoms with E-state index in [1.54, 1.807) is 18.2 Å². The average Bonchev–Trinajstić information content (AvgIpc) is 2.81. The fourth-order valence-electron chi connectivity index (χ4n) is 3.44. The Kier molecular flexibility index (Phi) is 8.24. The highest BCUT2D eigenvalue weighted by Gasteiger charge is 2.29. The molecule has 0 unspecified atom stereocenters. The summed E-state index contributed by atoms with van der Waals surface area (Å²) in [7, 11) is 1.53. The second-order valence-corrected chi connectivity index (χ2v) is 7.56. The number of primary amides is 1. The summed E-state index contributed by atoms with van der Waals surface area (Å²) in [5, 5.41) is 10.9. The van der Waals surface area contributed by atoms with Gasteiger partial charge in [0, 0.05) is 26.1 Å². The van der Waals surface area contributed by atoms with Gasteiger partial charge < -0.3 is 20.3 Å². The Morgan fingerprint density at radius 1 is 1.06 bits per heavy atom. The summed E-state index contributed by atoms with van der Waals surface area (Å²) in [5.41, 5.74) is 7.63. The number of aromatic nitrogens is 2. The van der Waals surface area contributed by atoms with Gasteiger partial charge in [-0.15, -0.1) is 0 Å². The highest BCUT2D eigenvalue weighted by atomic mass is 16.6. The quantitative estimate of drug-likeness (QED) is 0.441. The van der Waals surface area contributed by atoms with Crippen LogP contribution in [0.4, 0.5) is 0 Å². The van der Waals surface area contributed by atoms with Crippen molar-refractivity contribution in [2.24, 2.45) is 11.7 Å². The van der Waals surface area contributed by atoms with E-state index in [9.17, 15) is 14.7 Å². The lowest BCUT2D eigenvalue weighted by atomic mass is 9.92. The summed E-state index contributed by atoms with van der Waals surface area (Å²) in [6, 6.07) is 16.5. The molecule has 2 aromatic carbocycles. The van der Waals surface area contributed by atoms with E-state index in [2.05, 4.69) is 9.97 Å². The largest absolute Gasteiger partial charge is 0.454 e. The monoisotopic (exact) mass is 437 g/mol. The number of nitrogens with zero attached hydrogens (tertiary/aromatic N) is 2. The number of fused-ring (bicyclic) bond motifs is 1. The van der Waals surface area contributed by atoms with E-state index in [4.69, 9.17) is 15.2 Å². The van der Waals surface area contributed by atoms with Crippen LogP contribution in [0.5, 0.6) is 0 Å². The fraction of sp³-hybridized carbons (Fsp3) is 0.333. The third kappa shape index (κ3) is 6.32. The van der Waals surface area contributed by atoms with Gasteiger partial charge in [-0.1, -0.05) is 42.5 Å². The second kappa shape index (κ2) is 11.3. The molecular formula is C24H27N3O5. The molecule has 0 saturated heterocycles. The molecule has 0 aliphatic heterocycles. The zero-order valence-electron chi connectivity index (χ0n) is 17.9. The van der Waals surface area contributed by atoms with Crippen molar-refractivity contribution in [1.82, 2.24) is 9.97 Å². The average molecular weight is 437 g/mol. The lowest BCUT2D eigenvalue weighted by Gasteiger charge is -2.26. The smallest absolute Gasteiger partial charge is 0.358 e. The number of methoxy groups -OCH3 is 1. The Morgan fingerprint density at radius 2 is 1.75 bits per heavy atom. The van der Waals surface area contributed by atoms with Crippen molar-refractivity contribution in [3.63, 3.8) is 0 Å². The minimum atomic E-state index is -1.11. The number of ether oxygens (including phenoxy) is 2. The molecule has 0 aliphatic carbocycles. The van der Waals surface area contributed by atoms with E-state index in [-0.39, 0.29) is 18.5 Å². The summed E-state index contributed by atoms with van der Waals surface area (Å²) in [4.78, 5) is 33.2. The maximum Gasteiger partial charge on any atom is 0.358 e. The van der Waals surface area contributed by atoms with Gasteiger partial charge in [-0.25, -0.2) is 9.78 Å². The lowest BCUT2D eigenvalue weighted by Crippen LogP contribution is -2.38. The Hall–Kier alpha value is -3.36. The van der Waals surface area contributed by atoms with Gasteiger partial charge in [-0.05, 0) is 30.5 Å². The number of hydrogen-bond acceptors (Lipinski definition) is 7. The van der Waals surface area contributed by atoms with Crippen LogP contribution < -0.4 is 5.73 Å². The first-order valence-corrected chi connectivity index (χ1v) is 10.4. The molecule has 8 heteroatoms. The van der Waals surface area contributed by atoms with Crippen LogP contribution in [-0.4, -0.2) is 52.9 Å². The van der Waals surface area contributed by atoms with E-state index in [0.717, 1.165) is 5.56 Å². The molecule has 0 fully saturated rings. The number of benzene rings is 2. The number of esters is 1. The number of hydrogen-bond donors (Lipinski definition) is 2. The first-order chi connectivity index (χ1) is 15.5. The van der Waals surface area contributed by atoms with Crippen LogP contribution in [0.25, 0.3) is 11.0 Å². The molecule has 0 bridgehead atoms. The zero-order valence-corrected chi connectivity index (χ0v) is 17.9. The molecule has 3 aromatic rings. The molecule has 1 amide bonds. The van der Waals surface area contributed by atoms with E-state index in [1.165, 1.54) is 13.3 Å². The lowest BCUT2D eigenvalue weighted by molar-refractivity contribution is -0.124. The van der Waals surface area contributed by atoms with E-state index >= 15 is 0 Å².